The van der Waals surface area contributed by atoms with Gasteiger partial charge in [-0.05, 0) is 78.4 Å². The van der Waals surface area contributed by atoms with E-state index in [2.05, 4.69) is 142 Å². The molecule has 51 heavy (non-hydrogen) atoms. The molecule has 0 atom stereocenters. The molecule has 5 heterocycles. The van der Waals surface area contributed by atoms with Gasteiger partial charge < -0.3 is 34.5 Å². The number of aromatic nitrogens is 8. The van der Waals surface area contributed by atoms with E-state index in [-0.39, 0.29) is 0 Å². The monoisotopic (exact) mass is 689 g/mol. The average molecular weight is 690 g/mol. The molecule has 6 aromatic rings. The van der Waals surface area contributed by atoms with Crippen molar-refractivity contribution in [2.45, 2.75) is 19.3 Å². The van der Waals surface area contributed by atoms with Crippen LogP contribution in [0.2, 0.25) is 0 Å². The molecule has 7 rings (SSSR count). The Balaban J connectivity index is 0.000000176. The standard InChI is InChI=1S/C19H27N7.C19H24N6/c1-24(2)9-11-26(12-10-25(3)4)17-8-6-5-7-15(17)18-22-16-13-20-14-21-19(16)23-18;1-24(11-12-25-9-5-2-6-10-25)17-8-4-3-7-15(17)18-22-16-13-20-14-21-19(16)23-18/h5-8,13-14H,9-12H2,1-4H3,(H,20,21,22,23);3-4,7-8,13-14H,2,5-6,9-12H2,1H3,(H,20,21,22,23). The Labute approximate surface area is 300 Å². The molecular formula is C38H51N13. The van der Waals surface area contributed by atoms with Crippen molar-refractivity contribution in [2.24, 2.45) is 0 Å². The Kier molecular flexibility index (Phi) is 12.2. The number of hydrogen-bond acceptors (Lipinski definition) is 11. The lowest BCUT2D eigenvalue weighted by Gasteiger charge is -2.29. The van der Waals surface area contributed by atoms with E-state index in [9.17, 15) is 0 Å². The van der Waals surface area contributed by atoms with E-state index in [0.717, 1.165) is 73.1 Å². The number of piperidine rings is 1. The summed E-state index contributed by atoms with van der Waals surface area (Å²) in [4.78, 5) is 44.3. The lowest BCUT2D eigenvalue weighted by molar-refractivity contribution is 0.234. The van der Waals surface area contributed by atoms with Gasteiger partial charge in [-0.3, -0.25) is 0 Å². The first-order chi connectivity index (χ1) is 24.9. The van der Waals surface area contributed by atoms with Gasteiger partial charge in [0.05, 0.1) is 12.4 Å². The lowest BCUT2D eigenvalue weighted by Crippen LogP contribution is -2.36. The van der Waals surface area contributed by atoms with Crippen LogP contribution in [0.15, 0.2) is 73.6 Å². The summed E-state index contributed by atoms with van der Waals surface area (Å²) < 4.78 is 0. The summed E-state index contributed by atoms with van der Waals surface area (Å²) in [5.41, 5.74) is 7.67. The van der Waals surface area contributed by atoms with Crippen molar-refractivity contribution in [2.75, 3.05) is 97.4 Å². The third-order valence-electron chi connectivity index (χ3n) is 9.23. The normalized spacial score (nSPS) is 13.5. The summed E-state index contributed by atoms with van der Waals surface area (Å²) in [6.45, 7) is 8.49. The van der Waals surface area contributed by atoms with Crippen LogP contribution >= 0.6 is 0 Å². The number of fused-ring (bicyclic) bond motifs is 2. The molecule has 1 aliphatic heterocycles. The van der Waals surface area contributed by atoms with E-state index in [1.807, 2.05) is 6.07 Å². The van der Waals surface area contributed by atoms with Gasteiger partial charge in [0.15, 0.2) is 11.3 Å². The lowest BCUT2D eigenvalue weighted by atomic mass is 10.1. The van der Waals surface area contributed by atoms with Crippen molar-refractivity contribution in [3.63, 3.8) is 0 Å². The van der Waals surface area contributed by atoms with Crippen molar-refractivity contribution < 1.29 is 0 Å². The van der Waals surface area contributed by atoms with E-state index in [4.69, 9.17) is 0 Å². The quantitative estimate of drug-likeness (QED) is 0.172. The van der Waals surface area contributed by atoms with Crippen molar-refractivity contribution in [3.05, 3.63) is 73.6 Å². The maximum absolute atomic E-state index is 4.66. The van der Waals surface area contributed by atoms with Crippen LogP contribution < -0.4 is 9.80 Å². The van der Waals surface area contributed by atoms with Crippen LogP contribution in [-0.4, -0.2) is 142 Å². The zero-order valence-electron chi connectivity index (χ0n) is 30.6. The number of nitrogens with zero attached hydrogens (tertiary/aromatic N) is 11. The molecule has 0 bridgehead atoms. The second-order valence-electron chi connectivity index (χ2n) is 13.6. The highest BCUT2D eigenvalue weighted by Gasteiger charge is 2.17. The highest BCUT2D eigenvalue weighted by molar-refractivity contribution is 5.82. The van der Waals surface area contributed by atoms with Gasteiger partial charge in [-0.15, -0.1) is 0 Å². The zero-order chi connectivity index (χ0) is 35.6. The van der Waals surface area contributed by atoms with Crippen LogP contribution in [0.4, 0.5) is 11.4 Å². The number of rotatable bonds is 13. The van der Waals surface area contributed by atoms with Crippen LogP contribution in [0, 0.1) is 0 Å². The molecule has 0 aliphatic carbocycles. The molecule has 0 saturated carbocycles. The predicted octanol–water partition coefficient (Wildman–Crippen LogP) is 4.89. The van der Waals surface area contributed by atoms with E-state index in [0.29, 0.717) is 11.3 Å². The van der Waals surface area contributed by atoms with E-state index in [1.54, 1.807) is 12.4 Å². The summed E-state index contributed by atoms with van der Waals surface area (Å²) >= 11 is 0. The number of aromatic amines is 2. The van der Waals surface area contributed by atoms with Gasteiger partial charge in [0.2, 0.25) is 0 Å². The van der Waals surface area contributed by atoms with E-state index >= 15 is 0 Å². The number of nitrogens with one attached hydrogen (secondary N) is 2. The number of likely N-dealkylation sites (tertiary alicyclic amines) is 1. The first kappa shape index (κ1) is 35.8. The van der Waals surface area contributed by atoms with Crippen LogP contribution in [0.3, 0.4) is 0 Å². The Hall–Kier alpha value is -4.98. The number of hydrogen-bond donors (Lipinski definition) is 2. The maximum Gasteiger partial charge on any atom is 0.181 e. The summed E-state index contributed by atoms with van der Waals surface area (Å²) in [6.07, 6.45) is 10.6. The molecule has 0 spiro atoms. The van der Waals surface area contributed by atoms with Gasteiger partial charge in [-0.25, -0.2) is 29.9 Å². The highest BCUT2D eigenvalue weighted by Crippen LogP contribution is 2.31. The summed E-state index contributed by atoms with van der Waals surface area (Å²) in [6, 6.07) is 16.8. The van der Waals surface area contributed by atoms with Gasteiger partial charge in [0, 0.05) is 68.8 Å². The SMILES string of the molecule is CN(C)CCN(CCN(C)C)c1ccccc1-c1nc2ncncc2[nH]1.CN(CCN1CCCCC1)c1ccccc1-c1nc2ncncc2[nH]1. The van der Waals surface area contributed by atoms with Crippen LogP contribution in [0.5, 0.6) is 0 Å². The molecular weight excluding hydrogens is 639 g/mol. The average Bonchev–Trinajstić information content (AvgIpc) is 3.79. The summed E-state index contributed by atoms with van der Waals surface area (Å²) in [7, 11) is 10.6. The molecule has 268 valence electrons. The number of H-pyrrole nitrogens is 2. The Morgan fingerprint density at radius 2 is 1.12 bits per heavy atom. The molecule has 13 nitrogen and oxygen atoms in total. The zero-order valence-corrected chi connectivity index (χ0v) is 30.6. The second kappa shape index (κ2) is 17.3. The molecule has 4 aromatic heterocycles. The Bertz CT molecular complexity index is 1880. The van der Waals surface area contributed by atoms with Gasteiger partial charge in [-0.2, -0.15) is 0 Å². The number of benzene rings is 2. The first-order valence-corrected chi connectivity index (χ1v) is 17.8. The molecule has 1 aliphatic rings. The first-order valence-electron chi connectivity index (χ1n) is 17.8. The van der Waals surface area contributed by atoms with Crippen molar-refractivity contribution in [1.29, 1.82) is 0 Å². The number of para-hydroxylation sites is 2. The third kappa shape index (κ3) is 9.43. The molecule has 0 unspecified atom stereocenters. The summed E-state index contributed by atoms with van der Waals surface area (Å²) in [5.74, 6) is 1.67. The van der Waals surface area contributed by atoms with E-state index in [1.165, 1.54) is 56.4 Å². The van der Waals surface area contributed by atoms with Gasteiger partial charge >= 0.3 is 0 Å². The Morgan fingerprint density at radius 3 is 1.65 bits per heavy atom. The smallest absolute Gasteiger partial charge is 0.181 e. The minimum absolute atomic E-state index is 0.693. The second-order valence-corrected chi connectivity index (χ2v) is 13.6. The van der Waals surface area contributed by atoms with Crippen molar-refractivity contribution in [1.82, 2.24) is 54.6 Å². The molecule has 1 saturated heterocycles. The third-order valence-corrected chi connectivity index (χ3v) is 9.23. The fourth-order valence-corrected chi connectivity index (χ4v) is 6.32. The number of likely N-dealkylation sites (N-methyl/N-ethyl adjacent to an activating group) is 3. The Morgan fingerprint density at radius 1 is 0.608 bits per heavy atom. The highest BCUT2D eigenvalue weighted by atomic mass is 15.2. The fraction of sp³-hybridized carbons (Fsp3) is 0.421. The van der Waals surface area contributed by atoms with Crippen LogP contribution in [0.1, 0.15) is 19.3 Å². The maximum atomic E-state index is 4.66. The van der Waals surface area contributed by atoms with Crippen LogP contribution in [0.25, 0.3) is 45.1 Å². The minimum Gasteiger partial charge on any atom is -0.373 e. The van der Waals surface area contributed by atoms with Crippen molar-refractivity contribution in [3.8, 4) is 22.8 Å². The van der Waals surface area contributed by atoms with Crippen LogP contribution in [-0.2, 0) is 0 Å². The largest absolute Gasteiger partial charge is 0.373 e. The molecule has 0 amide bonds. The topological polar surface area (TPSA) is 125 Å². The molecule has 0 radical (unpaired) electrons. The minimum atomic E-state index is 0.693. The molecule has 2 N–H and O–H groups in total. The summed E-state index contributed by atoms with van der Waals surface area (Å²) in [5, 5.41) is 0. The predicted molar refractivity (Wildman–Crippen MR) is 207 cm³/mol. The van der Waals surface area contributed by atoms with Crippen molar-refractivity contribution >= 4 is 33.7 Å². The van der Waals surface area contributed by atoms with Gasteiger partial charge in [0.1, 0.15) is 35.3 Å². The number of imidazole rings is 2. The molecule has 1 fully saturated rings. The van der Waals surface area contributed by atoms with Gasteiger partial charge in [-0.1, -0.05) is 30.7 Å². The fourth-order valence-electron chi connectivity index (χ4n) is 6.32. The number of anilines is 2. The van der Waals surface area contributed by atoms with E-state index < -0.39 is 0 Å². The molecule has 13 heteroatoms. The van der Waals surface area contributed by atoms with Gasteiger partial charge in [0.25, 0.3) is 0 Å². The molecule has 2 aromatic carbocycles.